The Hall–Kier alpha value is -2.71. The van der Waals surface area contributed by atoms with Crippen LogP contribution in [0.5, 0.6) is 0 Å². The molecular weight excluding hydrogens is 419 g/mol. The second-order valence-corrected chi connectivity index (χ2v) is 9.66. The summed E-state index contributed by atoms with van der Waals surface area (Å²) in [6, 6.07) is 14.3. The molecule has 0 fully saturated rings. The number of halogens is 1. The van der Waals surface area contributed by atoms with Crippen LogP contribution in [0.4, 0.5) is 9.52 Å². The number of carbonyl (C=O) groups excluding carboxylic acids is 1. The molecule has 0 radical (unpaired) electrons. The summed E-state index contributed by atoms with van der Waals surface area (Å²) in [4.78, 5) is 20.5. The Balaban J connectivity index is 1.65. The number of fused-ring (bicyclic) bond motifs is 1. The quantitative estimate of drug-likeness (QED) is 0.357. The molecule has 154 valence electrons. The zero-order valence-corrected chi connectivity index (χ0v) is 18.3. The van der Waals surface area contributed by atoms with Crippen molar-refractivity contribution in [3.8, 4) is 0 Å². The lowest BCUT2D eigenvalue weighted by atomic mass is 10.2. The third-order valence-electron chi connectivity index (χ3n) is 4.42. The maximum Gasteiger partial charge on any atom is 0.260 e. The molecule has 4 aromatic rings. The van der Waals surface area contributed by atoms with E-state index in [0.717, 1.165) is 4.90 Å². The number of para-hydroxylation sites is 1. The van der Waals surface area contributed by atoms with Crippen molar-refractivity contribution in [3.63, 3.8) is 0 Å². The molecule has 2 aromatic carbocycles. The molecule has 0 spiro atoms. The summed E-state index contributed by atoms with van der Waals surface area (Å²) in [6.07, 6.45) is 3.54. The predicted octanol–water partition coefficient (Wildman–Crippen LogP) is 5.48. The average Bonchev–Trinajstić information content (AvgIpc) is 3.39. The summed E-state index contributed by atoms with van der Waals surface area (Å²) >= 11 is 3.06. The summed E-state index contributed by atoms with van der Waals surface area (Å²) in [7, 11) is 0. The van der Waals surface area contributed by atoms with Crippen molar-refractivity contribution in [2.24, 2.45) is 0 Å². The van der Waals surface area contributed by atoms with Crippen LogP contribution in [0.15, 0.2) is 65.8 Å². The van der Waals surface area contributed by atoms with Crippen molar-refractivity contribution in [2.75, 3.05) is 11.4 Å². The van der Waals surface area contributed by atoms with E-state index in [9.17, 15) is 9.18 Å². The van der Waals surface area contributed by atoms with Crippen molar-refractivity contribution < 1.29 is 9.18 Å². The van der Waals surface area contributed by atoms with Crippen LogP contribution in [0.2, 0.25) is 0 Å². The first-order valence-electron chi connectivity index (χ1n) is 9.62. The molecule has 0 aliphatic carbocycles. The van der Waals surface area contributed by atoms with Gasteiger partial charge >= 0.3 is 0 Å². The van der Waals surface area contributed by atoms with Crippen LogP contribution in [0.25, 0.3) is 10.2 Å². The normalized spacial score (nSPS) is 11.3. The van der Waals surface area contributed by atoms with E-state index < -0.39 is 0 Å². The molecule has 0 N–H and O–H groups in total. The van der Waals surface area contributed by atoms with E-state index in [1.165, 1.54) is 17.4 Å². The number of amides is 1. The Morgan fingerprint density at radius 1 is 1.20 bits per heavy atom. The van der Waals surface area contributed by atoms with Crippen molar-refractivity contribution in [2.45, 2.75) is 30.5 Å². The molecule has 8 heteroatoms. The van der Waals surface area contributed by atoms with E-state index in [-0.39, 0.29) is 17.2 Å². The van der Waals surface area contributed by atoms with Gasteiger partial charge in [-0.05, 0) is 42.5 Å². The van der Waals surface area contributed by atoms with Crippen LogP contribution in [-0.2, 0) is 6.54 Å². The highest BCUT2D eigenvalue weighted by Crippen LogP contribution is 2.31. The number of benzene rings is 2. The van der Waals surface area contributed by atoms with Gasteiger partial charge in [0, 0.05) is 34.6 Å². The summed E-state index contributed by atoms with van der Waals surface area (Å²) < 4.78 is 16.6. The number of aromatic nitrogens is 3. The van der Waals surface area contributed by atoms with Gasteiger partial charge in [-0.2, -0.15) is 5.10 Å². The Bertz CT molecular complexity index is 1140. The van der Waals surface area contributed by atoms with Crippen LogP contribution in [0, 0.1) is 5.82 Å². The van der Waals surface area contributed by atoms with Crippen LogP contribution >= 0.6 is 23.1 Å². The third-order valence-corrected chi connectivity index (χ3v) is 6.48. The summed E-state index contributed by atoms with van der Waals surface area (Å²) in [5.41, 5.74) is 0.862. The Labute approximate surface area is 182 Å². The monoisotopic (exact) mass is 440 g/mol. The highest BCUT2D eigenvalue weighted by molar-refractivity contribution is 7.99. The molecule has 5 nitrogen and oxygen atoms in total. The van der Waals surface area contributed by atoms with E-state index in [4.69, 9.17) is 0 Å². The predicted molar refractivity (Wildman–Crippen MR) is 121 cm³/mol. The van der Waals surface area contributed by atoms with E-state index in [2.05, 4.69) is 23.9 Å². The molecule has 0 atom stereocenters. The van der Waals surface area contributed by atoms with Crippen LogP contribution in [0.1, 0.15) is 24.2 Å². The first-order chi connectivity index (χ1) is 14.5. The molecule has 0 aliphatic rings. The number of hydrogen-bond acceptors (Lipinski definition) is 5. The van der Waals surface area contributed by atoms with Gasteiger partial charge in [-0.1, -0.05) is 31.3 Å². The van der Waals surface area contributed by atoms with Gasteiger partial charge in [-0.25, -0.2) is 9.37 Å². The topological polar surface area (TPSA) is 51.0 Å². The van der Waals surface area contributed by atoms with Gasteiger partial charge < -0.3 is 0 Å². The molecule has 0 bridgehead atoms. The SMILES string of the molecule is CC(C)Sc1ccc(C(=O)N(CCn2cccn2)c2nc3c(F)cccc3s2)cc1. The van der Waals surface area contributed by atoms with Crippen LogP contribution in [0.3, 0.4) is 0 Å². The lowest BCUT2D eigenvalue weighted by molar-refractivity contribution is 0.0985. The maximum atomic E-state index is 14.2. The highest BCUT2D eigenvalue weighted by atomic mass is 32.2. The largest absolute Gasteiger partial charge is 0.282 e. The second kappa shape index (κ2) is 8.97. The lowest BCUT2D eigenvalue weighted by Gasteiger charge is -2.20. The Morgan fingerprint density at radius 3 is 2.67 bits per heavy atom. The smallest absolute Gasteiger partial charge is 0.260 e. The van der Waals surface area contributed by atoms with Crippen molar-refractivity contribution in [3.05, 3.63) is 72.3 Å². The molecule has 2 heterocycles. The number of nitrogens with zero attached hydrogens (tertiary/aromatic N) is 4. The van der Waals surface area contributed by atoms with Crippen LogP contribution < -0.4 is 4.90 Å². The number of carbonyl (C=O) groups is 1. The number of anilines is 1. The van der Waals surface area contributed by atoms with Crippen molar-refractivity contribution >= 4 is 44.4 Å². The molecule has 1 amide bonds. The lowest BCUT2D eigenvalue weighted by Crippen LogP contribution is -2.34. The van der Waals surface area contributed by atoms with Gasteiger partial charge in [-0.15, -0.1) is 11.8 Å². The molecule has 0 saturated carbocycles. The van der Waals surface area contributed by atoms with Crippen molar-refractivity contribution in [1.29, 1.82) is 0 Å². The standard InChI is InChI=1S/C22H21FN4OS2/c1-15(2)29-17-9-7-16(8-10-17)21(28)27(14-13-26-12-4-11-24-26)22-25-20-18(23)5-3-6-19(20)30-22/h3-12,15H,13-14H2,1-2H3. The van der Waals surface area contributed by atoms with Gasteiger partial charge in [0.1, 0.15) is 11.3 Å². The van der Waals surface area contributed by atoms with E-state index >= 15 is 0 Å². The molecular formula is C22H21FN4OS2. The Kier molecular flexibility index (Phi) is 6.15. The average molecular weight is 441 g/mol. The van der Waals surface area contributed by atoms with Gasteiger partial charge in [0.15, 0.2) is 5.13 Å². The summed E-state index contributed by atoms with van der Waals surface area (Å²) in [5, 5.41) is 5.16. The minimum atomic E-state index is -0.385. The minimum Gasteiger partial charge on any atom is -0.282 e. The Morgan fingerprint density at radius 2 is 2.00 bits per heavy atom. The van der Waals surface area contributed by atoms with Gasteiger partial charge in [0.05, 0.1) is 11.2 Å². The van der Waals surface area contributed by atoms with E-state index in [1.807, 2.05) is 42.6 Å². The summed E-state index contributed by atoms with van der Waals surface area (Å²) in [5.74, 6) is -0.549. The second-order valence-electron chi connectivity index (χ2n) is 7.00. The molecule has 0 aliphatic heterocycles. The fourth-order valence-electron chi connectivity index (χ4n) is 3.04. The fraction of sp³-hybridized carbons (Fsp3) is 0.227. The highest BCUT2D eigenvalue weighted by Gasteiger charge is 2.22. The molecule has 30 heavy (non-hydrogen) atoms. The number of hydrogen-bond donors (Lipinski definition) is 0. The first kappa shape index (κ1) is 20.6. The van der Waals surface area contributed by atoms with E-state index in [1.54, 1.807) is 33.6 Å². The molecule has 0 saturated heterocycles. The molecule has 2 aromatic heterocycles. The van der Waals surface area contributed by atoms with Crippen LogP contribution in [-0.4, -0.2) is 32.5 Å². The van der Waals surface area contributed by atoms with Gasteiger partial charge in [0.25, 0.3) is 5.91 Å². The maximum absolute atomic E-state index is 14.2. The fourth-order valence-corrected chi connectivity index (χ4v) is 4.88. The molecule has 4 rings (SSSR count). The third kappa shape index (κ3) is 4.55. The zero-order valence-electron chi connectivity index (χ0n) is 16.7. The van der Waals surface area contributed by atoms with E-state index in [0.29, 0.717) is 33.7 Å². The summed E-state index contributed by atoms with van der Waals surface area (Å²) in [6.45, 7) is 5.16. The zero-order chi connectivity index (χ0) is 21.1. The minimum absolute atomic E-state index is 0.164. The molecule has 0 unspecified atom stereocenters. The van der Waals surface area contributed by atoms with Gasteiger partial charge in [-0.3, -0.25) is 14.4 Å². The number of rotatable bonds is 7. The number of thiazole rings is 1. The van der Waals surface area contributed by atoms with Crippen molar-refractivity contribution in [1.82, 2.24) is 14.8 Å². The number of thioether (sulfide) groups is 1. The van der Waals surface area contributed by atoms with Gasteiger partial charge in [0.2, 0.25) is 0 Å². The first-order valence-corrected chi connectivity index (χ1v) is 11.3.